The molecule has 5 nitrogen and oxygen atoms in total. The van der Waals surface area contributed by atoms with Gasteiger partial charge in [0, 0.05) is 25.1 Å². The highest BCUT2D eigenvalue weighted by molar-refractivity contribution is 5.25. The van der Waals surface area contributed by atoms with Gasteiger partial charge in [0.2, 0.25) is 0 Å². The minimum Gasteiger partial charge on any atom is -0.271 e. The van der Waals surface area contributed by atoms with E-state index >= 15 is 0 Å². The Labute approximate surface area is 101 Å². The van der Waals surface area contributed by atoms with Gasteiger partial charge in [0.05, 0.1) is 11.7 Å². The van der Waals surface area contributed by atoms with Crippen molar-refractivity contribution in [3.63, 3.8) is 0 Å². The van der Waals surface area contributed by atoms with E-state index in [0.29, 0.717) is 0 Å². The predicted molar refractivity (Wildman–Crippen MR) is 65.9 cm³/mol. The van der Waals surface area contributed by atoms with Crippen molar-refractivity contribution in [1.82, 2.24) is 20.2 Å². The zero-order valence-corrected chi connectivity index (χ0v) is 9.87. The van der Waals surface area contributed by atoms with Crippen LogP contribution in [0, 0.1) is 0 Å². The molecule has 0 amide bonds. The molecule has 0 radical (unpaired) electrons. The van der Waals surface area contributed by atoms with Gasteiger partial charge in [-0.1, -0.05) is 6.92 Å². The van der Waals surface area contributed by atoms with Crippen LogP contribution in [0.15, 0.2) is 36.8 Å². The standard InChI is InChI=1S/C12H17N5/c1-2-9-17-11(5-8-15-17)12(16-13)10-3-6-14-7-4-10/h3-8,12,16H,2,9,13H2,1H3. The molecule has 0 aliphatic carbocycles. The minimum atomic E-state index is -0.0490. The van der Waals surface area contributed by atoms with Gasteiger partial charge in [0.25, 0.3) is 0 Å². The first kappa shape index (κ1) is 11.8. The molecule has 0 saturated carbocycles. The van der Waals surface area contributed by atoms with Gasteiger partial charge in [0.1, 0.15) is 0 Å². The number of pyridine rings is 1. The number of hydrogen-bond donors (Lipinski definition) is 2. The van der Waals surface area contributed by atoms with Crippen molar-refractivity contribution in [3.05, 3.63) is 48.0 Å². The van der Waals surface area contributed by atoms with E-state index in [9.17, 15) is 0 Å². The van der Waals surface area contributed by atoms with Gasteiger partial charge >= 0.3 is 0 Å². The van der Waals surface area contributed by atoms with Crippen molar-refractivity contribution >= 4 is 0 Å². The quantitative estimate of drug-likeness (QED) is 0.600. The van der Waals surface area contributed by atoms with E-state index in [1.54, 1.807) is 18.6 Å². The second-order valence-corrected chi connectivity index (χ2v) is 3.86. The summed E-state index contributed by atoms with van der Waals surface area (Å²) in [6, 6.07) is 5.84. The lowest BCUT2D eigenvalue weighted by atomic mass is 10.1. The van der Waals surface area contributed by atoms with Crippen LogP contribution in [-0.4, -0.2) is 14.8 Å². The Morgan fingerprint density at radius 2 is 2.06 bits per heavy atom. The monoisotopic (exact) mass is 231 g/mol. The Morgan fingerprint density at radius 1 is 1.29 bits per heavy atom. The first-order chi connectivity index (χ1) is 8.36. The number of hydrazine groups is 1. The first-order valence-electron chi connectivity index (χ1n) is 5.74. The second kappa shape index (κ2) is 5.56. The molecule has 1 unspecified atom stereocenters. The maximum atomic E-state index is 5.65. The van der Waals surface area contributed by atoms with Crippen LogP contribution < -0.4 is 11.3 Å². The summed E-state index contributed by atoms with van der Waals surface area (Å²) in [5.41, 5.74) is 4.98. The number of rotatable bonds is 5. The third-order valence-electron chi connectivity index (χ3n) is 2.69. The molecule has 5 heteroatoms. The molecule has 0 fully saturated rings. The average Bonchev–Trinajstić information content (AvgIpc) is 2.81. The maximum absolute atomic E-state index is 5.65. The van der Waals surface area contributed by atoms with Crippen molar-refractivity contribution < 1.29 is 0 Å². The maximum Gasteiger partial charge on any atom is 0.0879 e. The van der Waals surface area contributed by atoms with Crippen LogP contribution >= 0.6 is 0 Å². The molecule has 0 aromatic carbocycles. The number of nitrogens with one attached hydrogen (secondary N) is 1. The summed E-state index contributed by atoms with van der Waals surface area (Å²) in [6.07, 6.45) is 6.37. The Hall–Kier alpha value is -1.72. The number of nitrogens with zero attached hydrogens (tertiary/aromatic N) is 3. The summed E-state index contributed by atoms with van der Waals surface area (Å²) in [5.74, 6) is 5.65. The minimum absolute atomic E-state index is 0.0490. The van der Waals surface area contributed by atoms with Gasteiger partial charge in [-0.15, -0.1) is 0 Å². The van der Waals surface area contributed by atoms with Crippen molar-refractivity contribution in [2.45, 2.75) is 25.9 Å². The van der Waals surface area contributed by atoms with Crippen LogP contribution in [0.25, 0.3) is 0 Å². The Balaban J connectivity index is 2.32. The van der Waals surface area contributed by atoms with Crippen LogP contribution in [-0.2, 0) is 6.54 Å². The van der Waals surface area contributed by atoms with Gasteiger partial charge < -0.3 is 0 Å². The van der Waals surface area contributed by atoms with Crippen LogP contribution in [0.1, 0.15) is 30.6 Å². The van der Waals surface area contributed by atoms with Crippen molar-refractivity contribution in [2.24, 2.45) is 5.84 Å². The summed E-state index contributed by atoms with van der Waals surface area (Å²) < 4.78 is 1.98. The molecule has 2 heterocycles. The predicted octanol–water partition coefficient (Wildman–Crippen LogP) is 1.24. The van der Waals surface area contributed by atoms with E-state index in [-0.39, 0.29) is 6.04 Å². The Morgan fingerprint density at radius 3 is 2.71 bits per heavy atom. The van der Waals surface area contributed by atoms with Crippen LogP contribution in [0.2, 0.25) is 0 Å². The number of nitrogens with two attached hydrogens (primary N) is 1. The van der Waals surface area contributed by atoms with E-state index in [0.717, 1.165) is 24.2 Å². The fourth-order valence-corrected chi connectivity index (χ4v) is 1.90. The fraction of sp³-hybridized carbons (Fsp3) is 0.333. The molecule has 90 valence electrons. The highest BCUT2D eigenvalue weighted by atomic mass is 15.3. The SMILES string of the molecule is CCCn1nccc1C(NN)c1ccncc1. The first-order valence-corrected chi connectivity index (χ1v) is 5.74. The van der Waals surface area contributed by atoms with E-state index < -0.39 is 0 Å². The summed E-state index contributed by atoms with van der Waals surface area (Å²) in [4.78, 5) is 4.01. The molecule has 2 aromatic rings. The van der Waals surface area contributed by atoms with E-state index in [1.807, 2.05) is 22.9 Å². The highest BCUT2D eigenvalue weighted by Gasteiger charge is 2.16. The molecule has 1 atom stereocenters. The third-order valence-corrected chi connectivity index (χ3v) is 2.69. The number of hydrogen-bond acceptors (Lipinski definition) is 4. The summed E-state index contributed by atoms with van der Waals surface area (Å²) >= 11 is 0. The lowest BCUT2D eigenvalue weighted by Crippen LogP contribution is -2.30. The third kappa shape index (κ3) is 2.51. The summed E-state index contributed by atoms with van der Waals surface area (Å²) in [7, 11) is 0. The van der Waals surface area contributed by atoms with Gasteiger partial charge in [-0.25, -0.2) is 5.43 Å². The molecule has 0 bridgehead atoms. The normalized spacial score (nSPS) is 12.6. The van der Waals surface area contributed by atoms with Crippen molar-refractivity contribution in [2.75, 3.05) is 0 Å². The van der Waals surface area contributed by atoms with Gasteiger partial charge in [-0.05, 0) is 30.2 Å². The van der Waals surface area contributed by atoms with Crippen LogP contribution in [0.5, 0.6) is 0 Å². The van der Waals surface area contributed by atoms with Gasteiger partial charge in [-0.2, -0.15) is 5.10 Å². The molecule has 0 aliphatic rings. The molecular formula is C12H17N5. The van der Waals surface area contributed by atoms with Crippen LogP contribution in [0.3, 0.4) is 0 Å². The molecule has 17 heavy (non-hydrogen) atoms. The molecule has 0 aliphatic heterocycles. The highest BCUT2D eigenvalue weighted by Crippen LogP contribution is 2.20. The Bertz CT molecular complexity index is 451. The van der Waals surface area contributed by atoms with Crippen molar-refractivity contribution in [3.8, 4) is 0 Å². The van der Waals surface area contributed by atoms with E-state index in [4.69, 9.17) is 5.84 Å². The largest absolute Gasteiger partial charge is 0.271 e. The molecule has 2 aromatic heterocycles. The topological polar surface area (TPSA) is 68.8 Å². The average molecular weight is 231 g/mol. The smallest absolute Gasteiger partial charge is 0.0879 e. The van der Waals surface area contributed by atoms with Crippen molar-refractivity contribution in [1.29, 1.82) is 0 Å². The lowest BCUT2D eigenvalue weighted by molar-refractivity contribution is 0.521. The summed E-state index contributed by atoms with van der Waals surface area (Å²) in [6.45, 7) is 3.02. The number of aromatic nitrogens is 3. The molecule has 3 N–H and O–H groups in total. The zero-order chi connectivity index (χ0) is 12.1. The molecular weight excluding hydrogens is 214 g/mol. The second-order valence-electron chi connectivity index (χ2n) is 3.86. The number of aryl methyl sites for hydroxylation is 1. The lowest BCUT2D eigenvalue weighted by Gasteiger charge is -2.17. The fourth-order valence-electron chi connectivity index (χ4n) is 1.90. The van der Waals surface area contributed by atoms with E-state index in [1.165, 1.54) is 0 Å². The van der Waals surface area contributed by atoms with Crippen LogP contribution in [0.4, 0.5) is 0 Å². The van der Waals surface area contributed by atoms with E-state index in [2.05, 4.69) is 22.4 Å². The zero-order valence-electron chi connectivity index (χ0n) is 9.87. The molecule has 0 spiro atoms. The Kier molecular flexibility index (Phi) is 3.85. The molecule has 2 rings (SSSR count). The molecule has 0 saturated heterocycles. The summed E-state index contributed by atoms with van der Waals surface area (Å²) in [5, 5.41) is 4.31. The van der Waals surface area contributed by atoms with Gasteiger partial charge in [-0.3, -0.25) is 15.5 Å². The van der Waals surface area contributed by atoms with Gasteiger partial charge in [0.15, 0.2) is 0 Å².